The second-order valence-electron chi connectivity index (χ2n) is 4.32. The van der Waals surface area contributed by atoms with Crippen molar-refractivity contribution in [2.24, 2.45) is 0 Å². The van der Waals surface area contributed by atoms with E-state index in [1.54, 1.807) is 18.0 Å². The maximum atomic E-state index is 4.53. The first-order valence-electron chi connectivity index (χ1n) is 6.50. The molecular formula is C14H17BrN4S. The average molecular weight is 353 g/mol. The number of hydrogen-bond donors (Lipinski definition) is 1. The van der Waals surface area contributed by atoms with Crippen LogP contribution in [0.4, 0.5) is 5.82 Å². The molecule has 2 rings (SSSR count). The zero-order valence-electron chi connectivity index (χ0n) is 11.6. The largest absolute Gasteiger partial charge is 0.370 e. The Morgan fingerprint density at radius 3 is 2.95 bits per heavy atom. The van der Waals surface area contributed by atoms with E-state index >= 15 is 0 Å². The molecule has 0 unspecified atom stereocenters. The van der Waals surface area contributed by atoms with Gasteiger partial charge in [-0.15, -0.1) is 0 Å². The molecule has 2 aromatic heterocycles. The maximum absolute atomic E-state index is 4.53. The van der Waals surface area contributed by atoms with Crippen molar-refractivity contribution >= 4 is 33.5 Å². The molecule has 0 aliphatic carbocycles. The predicted molar refractivity (Wildman–Crippen MR) is 87.0 cm³/mol. The number of pyridine rings is 1. The summed E-state index contributed by atoms with van der Waals surface area (Å²) in [6.45, 7) is 5.05. The molecule has 0 aliphatic rings. The topological polar surface area (TPSA) is 50.7 Å². The Labute approximate surface area is 132 Å². The van der Waals surface area contributed by atoms with E-state index in [9.17, 15) is 0 Å². The van der Waals surface area contributed by atoms with Crippen molar-refractivity contribution < 1.29 is 0 Å². The van der Waals surface area contributed by atoms with Crippen LogP contribution in [0, 0.1) is 6.92 Å². The van der Waals surface area contributed by atoms with Gasteiger partial charge in [-0.3, -0.25) is 0 Å². The number of anilines is 1. The Morgan fingerprint density at radius 1 is 1.35 bits per heavy atom. The minimum Gasteiger partial charge on any atom is -0.370 e. The van der Waals surface area contributed by atoms with Crippen molar-refractivity contribution in [3.63, 3.8) is 0 Å². The molecule has 0 bridgehead atoms. The normalized spacial score (nSPS) is 10.6. The van der Waals surface area contributed by atoms with Gasteiger partial charge in [0.15, 0.2) is 0 Å². The van der Waals surface area contributed by atoms with Crippen molar-refractivity contribution in [1.82, 2.24) is 15.0 Å². The molecule has 1 N–H and O–H groups in total. The minimum atomic E-state index is 0.706. The van der Waals surface area contributed by atoms with Crippen molar-refractivity contribution in [2.75, 3.05) is 11.9 Å². The van der Waals surface area contributed by atoms with Crippen LogP contribution in [0.1, 0.15) is 24.9 Å². The molecule has 2 aromatic rings. The Kier molecular flexibility index (Phi) is 5.79. The van der Waals surface area contributed by atoms with Crippen molar-refractivity contribution in [3.05, 3.63) is 40.4 Å². The van der Waals surface area contributed by atoms with E-state index in [2.05, 4.69) is 43.1 Å². The standard InChI is InChI=1S/C14H17BrN4S/c1-3-6-16-12-8-10(2)18-13(19-12)9-20-14-11(15)5-4-7-17-14/h4-5,7-8H,3,6,9H2,1-2H3,(H,16,18,19). The molecule has 0 fully saturated rings. The Bertz CT molecular complexity index is 577. The first kappa shape index (κ1) is 15.3. The highest BCUT2D eigenvalue weighted by molar-refractivity contribution is 9.10. The smallest absolute Gasteiger partial charge is 0.141 e. The Balaban J connectivity index is 2.05. The first-order valence-corrected chi connectivity index (χ1v) is 8.28. The van der Waals surface area contributed by atoms with Crippen LogP contribution in [0.2, 0.25) is 0 Å². The van der Waals surface area contributed by atoms with Crippen LogP contribution < -0.4 is 5.32 Å². The van der Waals surface area contributed by atoms with Crippen molar-refractivity contribution in [2.45, 2.75) is 31.0 Å². The molecule has 106 valence electrons. The fourth-order valence-electron chi connectivity index (χ4n) is 1.65. The van der Waals surface area contributed by atoms with E-state index in [0.29, 0.717) is 5.75 Å². The predicted octanol–water partition coefficient (Wildman–Crippen LogP) is 4.06. The summed E-state index contributed by atoms with van der Waals surface area (Å²) in [6.07, 6.45) is 2.87. The SMILES string of the molecule is CCCNc1cc(C)nc(CSc2ncccc2Br)n1. The summed E-state index contributed by atoms with van der Waals surface area (Å²) in [7, 11) is 0. The number of nitrogens with one attached hydrogen (secondary N) is 1. The number of nitrogens with zero attached hydrogens (tertiary/aromatic N) is 3. The molecule has 0 saturated heterocycles. The number of aromatic nitrogens is 3. The van der Waals surface area contributed by atoms with Gasteiger partial charge in [0.05, 0.1) is 5.75 Å². The van der Waals surface area contributed by atoms with Crippen molar-refractivity contribution in [1.29, 1.82) is 0 Å². The second kappa shape index (κ2) is 7.59. The van der Waals surface area contributed by atoms with Gasteiger partial charge >= 0.3 is 0 Å². The summed E-state index contributed by atoms with van der Waals surface area (Å²) >= 11 is 5.13. The number of thioether (sulfide) groups is 1. The second-order valence-corrected chi connectivity index (χ2v) is 6.14. The van der Waals surface area contributed by atoms with Crippen LogP contribution in [0.5, 0.6) is 0 Å². The molecule has 0 spiro atoms. The van der Waals surface area contributed by atoms with E-state index in [0.717, 1.165) is 39.8 Å². The highest BCUT2D eigenvalue weighted by Gasteiger charge is 2.06. The van der Waals surface area contributed by atoms with Gasteiger partial charge in [0, 0.05) is 29.0 Å². The van der Waals surface area contributed by atoms with E-state index in [1.165, 1.54) is 0 Å². The van der Waals surface area contributed by atoms with E-state index < -0.39 is 0 Å². The van der Waals surface area contributed by atoms with Gasteiger partial charge in [-0.1, -0.05) is 18.7 Å². The van der Waals surface area contributed by atoms with Crippen LogP contribution in [0.25, 0.3) is 0 Å². The van der Waals surface area contributed by atoms with Gasteiger partial charge in [-0.2, -0.15) is 0 Å². The molecule has 0 aliphatic heterocycles. The van der Waals surface area contributed by atoms with Gasteiger partial charge in [0.2, 0.25) is 0 Å². The molecule has 6 heteroatoms. The maximum Gasteiger partial charge on any atom is 0.141 e. The number of aryl methyl sites for hydroxylation is 1. The molecule has 0 aromatic carbocycles. The molecule has 0 atom stereocenters. The van der Waals surface area contributed by atoms with E-state index in [4.69, 9.17) is 0 Å². The van der Waals surface area contributed by atoms with Gasteiger partial charge < -0.3 is 5.32 Å². The third-order valence-electron chi connectivity index (χ3n) is 2.52. The highest BCUT2D eigenvalue weighted by Crippen LogP contribution is 2.27. The molecule has 4 nitrogen and oxygen atoms in total. The van der Waals surface area contributed by atoms with Crippen molar-refractivity contribution in [3.8, 4) is 0 Å². The highest BCUT2D eigenvalue weighted by atomic mass is 79.9. The first-order chi connectivity index (χ1) is 9.69. The van der Waals surface area contributed by atoms with Gasteiger partial charge in [-0.25, -0.2) is 15.0 Å². The lowest BCUT2D eigenvalue weighted by molar-refractivity contribution is 0.939. The van der Waals surface area contributed by atoms with E-state index in [1.807, 2.05) is 25.1 Å². The minimum absolute atomic E-state index is 0.706. The van der Waals surface area contributed by atoms with Gasteiger partial charge in [-0.05, 0) is 41.4 Å². The van der Waals surface area contributed by atoms with Gasteiger partial charge in [0.25, 0.3) is 0 Å². The lowest BCUT2D eigenvalue weighted by atomic mass is 10.4. The van der Waals surface area contributed by atoms with E-state index in [-0.39, 0.29) is 0 Å². The summed E-state index contributed by atoms with van der Waals surface area (Å²) in [5.74, 6) is 2.43. The zero-order chi connectivity index (χ0) is 14.4. The molecular weight excluding hydrogens is 336 g/mol. The summed E-state index contributed by atoms with van der Waals surface area (Å²) in [5.41, 5.74) is 0.981. The summed E-state index contributed by atoms with van der Waals surface area (Å²) in [5, 5.41) is 4.26. The lowest BCUT2D eigenvalue weighted by Crippen LogP contribution is -2.05. The van der Waals surface area contributed by atoms with Crippen LogP contribution in [-0.4, -0.2) is 21.5 Å². The molecule has 2 heterocycles. The number of halogens is 1. The Morgan fingerprint density at radius 2 is 2.20 bits per heavy atom. The molecule has 0 radical (unpaired) electrons. The number of hydrogen-bond acceptors (Lipinski definition) is 5. The van der Waals surface area contributed by atoms with Crippen LogP contribution in [0.3, 0.4) is 0 Å². The Hall–Kier alpha value is -1.14. The average Bonchev–Trinajstić information content (AvgIpc) is 2.44. The molecule has 0 amide bonds. The monoisotopic (exact) mass is 352 g/mol. The number of rotatable bonds is 6. The fourth-order valence-corrected chi connectivity index (χ4v) is 2.98. The summed E-state index contributed by atoms with van der Waals surface area (Å²) in [6, 6.07) is 5.87. The van der Waals surface area contributed by atoms with Crippen LogP contribution in [0.15, 0.2) is 33.9 Å². The molecule has 0 saturated carbocycles. The quantitative estimate of drug-likeness (QED) is 0.794. The third-order valence-corrected chi connectivity index (χ3v) is 4.42. The lowest BCUT2D eigenvalue weighted by Gasteiger charge is -2.07. The van der Waals surface area contributed by atoms with Gasteiger partial charge in [0.1, 0.15) is 16.7 Å². The van der Waals surface area contributed by atoms with Crippen LogP contribution in [-0.2, 0) is 5.75 Å². The summed E-state index contributed by atoms with van der Waals surface area (Å²) < 4.78 is 1.00. The summed E-state index contributed by atoms with van der Waals surface area (Å²) in [4.78, 5) is 13.3. The fraction of sp³-hybridized carbons (Fsp3) is 0.357. The van der Waals surface area contributed by atoms with Crippen LogP contribution >= 0.6 is 27.7 Å². The zero-order valence-corrected chi connectivity index (χ0v) is 14.0. The molecule has 20 heavy (non-hydrogen) atoms. The third kappa shape index (κ3) is 4.45.